The van der Waals surface area contributed by atoms with E-state index < -0.39 is 0 Å². The van der Waals surface area contributed by atoms with Crippen LogP contribution in [0.25, 0.3) is 21.9 Å². The minimum absolute atomic E-state index is 0.416. The number of aromatic nitrogens is 3. The lowest BCUT2D eigenvalue weighted by molar-refractivity contribution is 0.297. The van der Waals surface area contributed by atoms with E-state index >= 15 is 0 Å². The van der Waals surface area contributed by atoms with Crippen LogP contribution in [0.5, 0.6) is 11.5 Å². The number of benzene rings is 2. The first kappa shape index (κ1) is 21.0. The molecule has 2 aromatic carbocycles. The summed E-state index contributed by atoms with van der Waals surface area (Å²) in [6, 6.07) is 13.9. The molecule has 0 unspecified atom stereocenters. The van der Waals surface area contributed by atoms with Crippen molar-refractivity contribution < 1.29 is 9.47 Å². The number of methoxy groups -OCH3 is 1. The molecular weight excluding hydrogens is 388 g/mol. The Labute approximate surface area is 183 Å². The lowest BCUT2D eigenvalue weighted by Crippen LogP contribution is -2.09. The molecule has 2 N–H and O–H groups in total. The summed E-state index contributed by atoms with van der Waals surface area (Å²) in [5.74, 6) is 3.59. The largest absolute Gasteiger partial charge is 0.496 e. The van der Waals surface area contributed by atoms with Crippen molar-refractivity contribution in [1.82, 2.24) is 14.5 Å². The van der Waals surface area contributed by atoms with Gasteiger partial charge in [0, 0.05) is 30.0 Å². The standard InChI is InChI=1S/C25H30N4O2/c1-5-8-22-28-23-24(29(22)14-16(2)3)19-12-11-18(13-20(19)27-25(23)26)31-15-17-9-6-7-10-21(17)30-4/h6-7,9-13,16H,5,8,14-15H2,1-4H3,(H2,26,27). The van der Waals surface area contributed by atoms with Crippen LogP contribution in [0.2, 0.25) is 0 Å². The van der Waals surface area contributed by atoms with E-state index in [1.807, 2.05) is 36.4 Å². The summed E-state index contributed by atoms with van der Waals surface area (Å²) in [7, 11) is 1.67. The number of hydrogen-bond acceptors (Lipinski definition) is 5. The van der Waals surface area contributed by atoms with E-state index in [2.05, 4.69) is 36.4 Å². The molecule has 0 aliphatic heterocycles. The second-order valence-corrected chi connectivity index (χ2v) is 8.26. The number of nitrogens with zero attached hydrogens (tertiary/aromatic N) is 3. The van der Waals surface area contributed by atoms with Crippen LogP contribution in [0, 0.1) is 5.92 Å². The summed E-state index contributed by atoms with van der Waals surface area (Å²) in [5.41, 5.74) is 10.0. The van der Waals surface area contributed by atoms with Crippen LogP contribution in [0.15, 0.2) is 42.5 Å². The fourth-order valence-electron chi connectivity index (χ4n) is 3.99. The summed E-state index contributed by atoms with van der Waals surface area (Å²) in [6.45, 7) is 7.93. The number of hydrogen-bond donors (Lipinski definition) is 1. The smallest absolute Gasteiger partial charge is 0.152 e. The van der Waals surface area contributed by atoms with E-state index in [1.54, 1.807) is 7.11 Å². The summed E-state index contributed by atoms with van der Waals surface area (Å²) in [6.07, 6.45) is 1.95. The molecule has 6 nitrogen and oxygen atoms in total. The summed E-state index contributed by atoms with van der Waals surface area (Å²) in [5, 5.41) is 1.05. The molecule has 0 bridgehead atoms. The third kappa shape index (κ3) is 4.15. The van der Waals surface area contributed by atoms with E-state index in [0.717, 1.165) is 64.2 Å². The Bertz CT molecular complexity index is 1210. The topological polar surface area (TPSA) is 75.2 Å². The Balaban J connectivity index is 1.75. The van der Waals surface area contributed by atoms with Gasteiger partial charge in [0.1, 0.15) is 29.4 Å². The van der Waals surface area contributed by atoms with E-state index in [4.69, 9.17) is 20.2 Å². The van der Waals surface area contributed by atoms with Gasteiger partial charge in [0.2, 0.25) is 0 Å². The van der Waals surface area contributed by atoms with Crippen LogP contribution in [0.3, 0.4) is 0 Å². The number of pyridine rings is 1. The highest BCUT2D eigenvalue weighted by molar-refractivity contribution is 6.06. The molecular formula is C25H30N4O2. The second kappa shape index (κ2) is 8.84. The molecule has 4 rings (SSSR count). The Morgan fingerprint density at radius 2 is 1.90 bits per heavy atom. The van der Waals surface area contributed by atoms with E-state index in [1.165, 1.54) is 0 Å². The molecule has 0 saturated heterocycles. The molecule has 0 fully saturated rings. The lowest BCUT2D eigenvalue weighted by atomic mass is 10.1. The zero-order valence-electron chi connectivity index (χ0n) is 18.7. The van der Waals surface area contributed by atoms with Gasteiger partial charge < -0.3 is 19.8 Å². The average molecular weight is 419 g/mol. The Morgan fingerprint density at radius 3 is 2.65 bits per heavy atom. The van der Waals surface area contributed by atoms with Crippen LogP contribution < -0.4 is 15.2 Å². The van der Waals surface area contributed by atoms with Crippen molar-refractivity contribution in [2.24, 2.45) is 5.92 Å². The molecule has 162 valence electrons. The number of fused-ring (bicyclic) bond motifs is 3. The van der Waals surface area contributed by atoms with Crippen LogP contribution >= 0.6 is 0 Å². The number of ether oxygens (including phenoxy) is 2. The van der Waals surface area contributed by atoms with Gasteiger partial charge in [0.05, 0.1) is 18.1 Å². The first-order chi connectivity index (χ1) is 15.0. The maximum atomic E-state index is 6.34. The van der Waals surface area contributed by atoms with Crippen LogP contribution in [-0.2, 0) is 19.6 Å². The zero-order chi connectivity index (χ0) is 22.0. The molecule has 0 amide bonds. The van der Waals surface area contributed by atoms with Gasteiger partial charge in [-0.05, 0) is 30.5 Å². The fourth-order valence-corrected chi connectivity index (χ4v) is 3.99. The second-order valence-electron chi connectivity index (χ2n) is 8.26. The summed E-state index contributed by atoms with van der Waals surface area (Å²) < 4.78 is 13.8. The van der Waals surface area contributed by atoms with Gasteiger partial charge in [0.15, 0.2) is 5.82 Å². The van der Waals surface area contributed by atoms with Gasteiger partial charge >= 0.3 is 0 Å². The Kier molecular flexibility index (Phi) is 5.98. The zero-order valence-corrected chi connectivity index (χ0v) is 18.7. The normalized spacial score (nSPS) is 11.5. The number of nitrogens with two attached hydrogens (primary N) is 1. The van der Waals surface area contributed by atoms with Crippen LogP contribution in [0.1, 0.15) is 38.6 Å². The Hall–Kier alpha value is -3.28. The van der Waals surface area contributed by atoms with Crippen molar-refractivity contribution in [3.05, 3.63) is 53.9 Å². The highest BCUT2D eigenvalue weighted by Crippen LogP contribution is 2.32. The fraction of sp³-hybridized carbons (Fsp3) is 0.360. The molecule has 0 spiro atoms. The first-order valence-electron chi connectivity index (χ1n) is 10.8. The van der Waals surface area contributed by atoms with Crippen molar-refractivity contribution in [3.63, 3.8) is 0 Å². The molecule has 2 heterocycles. The molecule has 0 radical (unpaired) electrons. The van der Waals surface area contributed by atoms with Crippen molar-refractivity contribution >= 4 is 27.8 Å². The molecule has 0 aliphatic carbocycles. The van der Waals surface area contributed by atoms with E-state index in [0.29, 0.717) is 18.3 Å². The summed E-state index contributed by atoms with van der Waals surface area (Å²) >= 11 is 0. The molecule has 31 heavy (non-hydrogen) atoms. The lowest BCUT2D eigenvalue weighted by Gasteiger charge is -2.14. The molecule has 6 heteroatoms. The van der Waals surface area contributed by atoms with Gasteiger partial charge in [-0.3, -0.25) is 0 Å². The number of rotatable bonds is 8. The van der Waals surface area contributed by atoms with Crippen molar-refractivity contribution in [3.8, 4) is 11.5 Å². The number of anilines is 1. The molecule has 4 aromatic rings. The molecule has 0 atom stereocenters. The van der Waals surface area contributed by atoms with Crippen LogP contribution in [-0.4, -0.2) is 21.6 Å². The van der Waals surface area contributed by atoms with E-state index in [-0.39, 0.29) is 0 Å². The third-order valence-electron chi connectivity index (χ3n) is 5.36. The van der Waals surface area contributed by atoms with Gasteiger partial charge in [-0.15, -0.1) is 0 Å². The first-order valence-corrected chi connectivity index (χ1v) is 10.8. The minimum Gasteiger partial charge on any atom is -0.496 e. The van der Waals surface area contributed by atoms with Gasteiger partial charge in [-0.25, -0.2) is 9.97 Å². The Morgan fingerprint density at radius 1 is 1.10 bits per heavy atom. The monoisotopic (exact) mass is 418 g/mol. The van der Waals surface area contributed by atoms with Gasteiger partial charge in [0.25, 0.3) is 0 Å². The maximum Gasteiger partial charge on any atom is 0.152 e. The number of nitrogen functional groups attached to an aromatic ring is 1. The quantitative estimate of drug-likeness (QED) is 0.417. The van der Waals surface area contributed by atoms with Gasteiger partial charge in [-0.1, -0.05) is 39.0 Å². The van der Waals surface area contributed by atoms with Gasteiger partial charge in [-0.2, -0.15) is 0 Å². The number of imidazole rings is 1. The summed E-state index contributed by atoms with van der Waals surface area (Å²) in [4.78, 5) is 9.50. The average Bonchev–Trinajstić information content (AvgIpc) is 3.11. The SMILES string of the molecule is CCCc1nc2c(N)nc3cc(OCc4ccccc4OC)ccc3c2n1CC(C)C. The van der Waals surface area contributed by atoms with E-state index in [9.17, 15) is 0 Å². The highest BCUT2D eigenvalue weighted by Gasteiger charge is 2.18. The number of para-hydroxylation sites is 1. The minimum atomic E-state index is 0.416. The highest BCUT2D eigenvalue weighted by atomic mass is 16.5. The predicted molar refractivity (Wildman–Crippen MR) is 126 cm³/mol. The molecule has 2 aromatic heterocycles. The molecule has 0 saturated carbocycles. The van der Waals surface area contributed by atoms with Crippen molar-refractivity contribution in [2.75, 3.05) is 12.8 Å². The molecule has 0 aliphatic rings. The predicted octanol–water partition coefficient (Wildman–Crippen LogP) is 5.36. The van der Waals surface area contributed by atoms with Crippen LogP contribution in [0.4, 0.5) is 5.82 Å². The number of aryl methyl sites for hydroxylation is 1. The van der Waals surface area contributed by atoms with Crippen molar-refractivity contribution in [1.29, 1.82) is 0 Å². The third-order valence-corrected chi connectivity index (χ3v) is 5.36. The maximum absolute atomic E-state index is 6.34. The van der Waals surface area contributed by atoms with Crippen molar-refractivity contribution in [2.45, 2.75) is 46.8 Å².